The molecule has 0 bridgehead atoms. The van der Waals surface area contributed by atoms with Crippen LogP contribution in [0.4, 0.5) is 4.39 Å². The van der Waals surface area contributed by atoms with Gasteiger partial charge >= 0.3 is 5.97 Å². The molecular weight excluding hydrogens is 241 g/mol. The number of aromatic nitrogens is 1. The fraction of sp³-hybridized carbons (Fsp3) is 0.167. The third kappa shape index (κ3) is 1.92. The number of ether oxygens (including phenoxy) is 1. The largest absolute Gasteiger partial charge is 0.494 e. The molecule has 1 N–H and O–H groups in total. The van der Waals surface area contributed by atoms with Gasteiger partial charge in [0, 0.05) is 12.5 Å². The molecule has 0 radical (unpaired) electrons. The number of carboxylic acid groups (broad SMARTS) is 1. The van der Waals surface area contributed by atoms with Gasteiger partial charge < -0.3 is 14.3 Å². The zero-order valence-electron chi connectivity index (χ0n) is 9.73. The van der Waals surface area contributed by atoms with Crippen molar-refractivity contribution in [1.29, 1.82) is 0 Å². The monoisotopic (exact) mass is 251 g/mol. The molecule has 1 aromatic heterocycles. The summed E-state index contributed by atoms with van der Waals surface area (Å²) in [5.41, 5.74) is -0.0139. The van der Waals surface area contributed by atoms with Gasteiger partial charge in [-0.1, -0.05) is 6.07 Å². The Morgan fingerprint density at radius 3 is 2.83 bits per heavy atom. The van der Waals surface area contributed by atoms with Crippen LogP contribution in [-0.2, 0) is 0 Å². The summed E-state index contributed by atoms with van der Waals surface area (Å²) in [6.07, 6.45) is 0. The average Bonchev–Trinajstić information content (AvgIpc) is 2.71. The maximum absolute atomic E-state index is 14.0. The Kier molecular flexibility index (Phi) is 3.01. The number of carboxylic acids is 1. The number of methoxy groups -OCH3 is 1. The molecular formula is C12H10FNO4. The number of aryl methyl sites for hydroxylation is 1. The number of carbonyl (C=O) groups is 1. The van der Waals surface area contributed by atoms with E-state index in [1.54, 1.807) is 6.07 Å². The van der Waals surface area contributed by atoms with E-state index in [9.17, 15) is 9.18 Å². The predicted octanol–water partition coefficient (Wildman–Crippen LogP) is 2.50. The number of aromatic carboxylic acids is 1. The Morgan fingerprint density at radius 1 is 1.50 bits per heavy atom. The maximum atomic E-state index is 14.0. The number of rotatable bonds is 3. The van der Waals surface area contributed by atoms with Gasteiger partial charge in [0.2, 0.25) is 5.76 Å². The molecule has 0 amide bonds. The Labute approximate surface area is 102 Å². The summed E-state index contributed by atoms with van der Waals surface area (Å²) in [6.45, 7) is 1.49. The van der Waals surface area contributed by atoms with Crippen LogP contribution in [0.2, 0.25) is 0 Å². The molecule has 0 unspecified atom stereocenters. The van der Waals surface area contributed by atoms with Crippen LogP contribution in [0.25, 0.3) is 11.3 Å². The lowest BCUT2D eigenvalue weighted by Crippen LogP contribution is -1.99. The first-order chi connectivity index (χ1) is 8.54. The van der Waals surface area contributed by atoms with Gasteiger partial charge in [-0.25, -0.2) is 14.2 Å². The lowest BCUT2D eigenvalue weighted by atomic mass is 10.1. The summed E-state index contributed by atoms with van der Waals surface area (Å²) in [4.78, 5) is 14.9. The molecule has 0 saturated carbocycles. The fourth-order valence-corrected chi connectivity index (χ4v) is 1.61. The van der Waals surface area contributed by atoms with Crippen molar-refractivity contribution in [1.82, 2.24) is 4.98 Å². The number of benzene rings is 1. The van der Waals surface area contributed by atoms with Crippen LogP contribution in [0.3, 0.4) is 0 Å². The second-order valence-corrected chi connectivity index (χ2v) is 3.54. The van der Waals surface area contributed by atoms with Gasteiger partial charge in [-0.15, -0.1) is 0 Å². The van der Waals surface area contributed by atoms with Gasteiger partial charge in [0.25, 0.3) is 0 Å². The van der Waals surface area contributed by atoms with Crippen molar-refractivity contribution in [3.63, 3.8) is 0 Å². The van der Waals surface area contributed by atoms with Crippen LogP contribution in [0, 0.1) is 12.7 Å². The average molecular weight is 251 g/mol. The highest BCUT2D eigenvalue weighted by Crippen LogP contribution is 2.31. The molecule has 2 aromatic rings. The lowest BCUT2D eigenvalue weighted by molar-refractivity contribution is 0.0662. The molecule has 0 aliphatic carbocycles. The predicted molar refractivity (Wildman–Crippen MR) is 60.1 cm³/mol. The maximum Gasteiger partial charge on any atom is 0.374 e. The van der Waals surface area contributed by atoms with E-state index < -0.39 is 11.8 Å². The van der Waals surface area contributed by atoms with Crippen LogP contribution in [0.1, 0.15) is 16.4 Å². The van der Waals surface area contributed by atoms with Crippen LogP contribution < -0.4 is 4.74 Å². The van der Waals surface area contributed by atoms with Crippen molar-refractivity contribution in [3.05, 3.63) is 35.7 Å². The Balaban J connectivity index is 2.65. The molecule has 18 heavy (non-hydrogen) atoms. The molecule has 5 nitrogen and oxygen atoms in total. The fourth-order valence-electron chi connectivity index (χ4n) is 1.61. The molecule has 0 spiro atoms. The number of hydrogen-bond donors (Lipinski definition) is 1. The molecule has 0 aliphatic heterocycles. The van der Waals surface area contributed by atoms with Crippen molar-refractivity contribution >= 4 is 5.97 Å². The van der Waals surface area contributed by atoms with Crippen LogP contribution >= 0.6 is 0 Å². The van der Waals surface area contributed by atoms with Gasteiger partial charge in [-0.3, -0.25) is 0 Å². The van der Waals surface area contributed by atoms with Crippen LogP contribution in [0.5, 0.6) is 5.75 Å². The molecule has 0 saturated heterocycles. The quantitative estimate of drug-likeness (QED) is 0.907. The Bertz CT molecular complexity index is 606. The summed E-state index contributed by atoms with van der Waals surface area (Å²) in [7, 11) is 1.33. The van der Waals surface area contributed by atoms with Crippen LogP contribution in [0.15, 0.2) is 22.6 Å². The summed E-state index contributed by atoms with van der Waals surface area (Å²) in [5.74, 6) is -2.18. The highest BCUT2D eigenvalue weighted by molar-refractivity contribution is 5.92. The first-order valence-corrected chi connectivity index (χ1v) is 5.08. The second-order valence-electron chi connectivity index (χ2n) is 3.54. The number of nitrogens with zero attached hydrogens (tertiary/aromatic N) is 1. The SMILES string of the molecule is COc1cccc(-c2nc(C)oc2C(=O)O)c1F. The van der Waals surface area contributed by atoms with Crippen molar-refractivity contribution in [2.75, 3.05) is 7.11 Å². The van der Waals surface area contributed by atoms with Gasteiger partial charge in [-0.2, -0.15) is 0 Å². The van der Waals surface area contributed by atoms with Gasteiger partial charge in [-0.05, 0) is 12.1 Å². The minimum absolute atomic E-state index is 0.0180. The minimum atomic E-state index is -1.30. The van der Waals surface area contributed by atoms with Gasteiger partial charge in [0.05, 0.1) is 7.11 Å². The van der Waals surface area contributed by atoms with Crippen molar-refractivity contribution < 1.29 is 23.4 Å². The number of hydrogen-bond acceptors (Lipinski definition) is 4. The van der Waals surface area contributed by atoms with E-state index in [1.165, 1.54) is 26.2 Å². The normalized spacial score (nSPS) is 10.4. The van der Waals surface area contributed by atoms with Crippen molar-refractivity contribution in [3.8, 4) is 17.0 Å². The first kappa shape index (κ1) is 12.1. The standard InChI is InChI=1S/C12H10FNO4/c1-6-14-10(11(18-6)12(15)16)7-4-3-5-8(17-2)9(7)13/h3-5H,1-2H3,(H,15,16). The molecule has 0 atom stereocenters. The van der Waals surface area contributed by atoms with E-state index in [4.69, 9.17) is 14.3 Å². The van der Waals surface area contributed by atoms with E-state index in [0.717, 1.165) is 0 Å². The summed E-state index contributed by atoms with van der Waals surface area (Å²) in [5, 5.41) is 8.97. The topological polar surface area (TPSA) is 72.6 Å². The third-order valence-corrected chi connectivity index (χ3v) is 2.37. The molecule has 0 fully saturated rings. The Hall–Kier alpha value is -2.37. The molecule has 2 rings (SSSR count). The number of halogens is 1. The van der Waals surface area contributed by atoms with E-state index in [-0.39, 0.29) is 28.7 Å². The molecule has 94 valence electrons. The zero-order chi connectivity index (χ0) is 13.3. The van der Waals surface area contributed by atoms with Gasteiger partial charge in [0.1, 0.15) is 5.69 Å². The smallest absolute Gasteiger partial charge is 0.374 e. The van der Waals surface area contributed by atoms with Crippen molar-refractivity contribution in [2.24, 2.45) is 0 Å². The summed E-state index contributed by atoms with van der Waals surface area (Å²) < 4.78 is 23.8. The van der Waals surface area contributed by atoms with E-state index in [1.807, 2.05) is 0 Å². The van der Waals surface area contributed by atoms with E-state index in [2.05, 4.69) is 4.98 Å². The number of oxazole rings is 1. The second kappa shape index (κ2) is 4.48. The van der Waals surface area contributed by atoms with Crippen molar-refractivity contribution in [2.45, 2.75) is 6.92 Å². The minimum Gasteiger partial charge on any atom is -0.494 e. The Morgan fingerprint density at radius 2 is 2.22 bits per heavy atom. The zero-order valence-corrected chi connectivity index (χ0v) is 9.73. The first-order valence-electron chi connectivity index (χ1n) is 5.08. The summed E-state index contributed by atoms with van der Waals surface area (Å²) in [6, 6.07) is 4.40. The molecule has 1 aromatic carbocycles. The van der Waals surface area contributed by atoms with E-state index in [0.29, 0.717) is 0 Å². The summed E-state index contributed by atoms with van der Waals surface area (Å²) >= 11 is 0. The third-order valence-electron chi connectivity index (χ3n) is 2.37. The highest BCUT2D eigenvalue weighted by Gasteiger charge is 2.23. The molecule has 1 heterocycles. The lowest BCUT2D eigenvalue weighted by Gasteiger charge is -2.05. The molecule has 6 heteroatoms. The van der Waals surface area contributed by atoms with Crippen LogP contribution in [-0.4, -0.2) is 23.2 Å². The highest BCUT2D eigenvalue weighted by atomic mass is 19.1. The van der Waals surface area contributed by atoms with E-state index >= 15 is 0 Å². The van der Waals surface area contributed by atoms with Gasteiger partial charge in [0.15, 0.2) is 17.5 Å². The molecule has 0 aliphatic rings.